The van der Waals surface area contributed by atoms with Crippen LogP contribution in [-0.4, -0.2) is 63.8 Å². The molecular weight excluding hydrogens is 416 g/mol. The number of Topliss-reactive ketones (excluding diaryl/α,β-unsaturated/α-hetero) is 1. The molecule has 0 aromatic heterocycles. The van der Waals surface area contributed by atoms with Gasteiger partial charge < -0.3 is 9.64 Å². The largest absolute Gasteiger partial charge is 0.462 e. The molecule has 1 amide bonds. The molecule has 1 unspecified atom stereocenters. The molecule has 6 nitrogen and oxygen atoms in total. The van der Waals surface area contributed by atoms with E-state index in [1.165, 1.54) is 6.92 Å². The molecule has 0 spiro atoms. The number of nitrogens with zero attached hydrogens (tertiary/aromatic N) is 2. The number of hydrogen-bond donors (Lipinski definition) is 0. The van der Waals surface area contributed by atoms with Crippen LogP contribution in [0.3, 0.4) is 0 Å². The van der Waals surface area contributed by atoms with Crippen LogP contribution in [0.1, 0.15) is 120 Å². The van der Waals surface area contributed by atoms with Crippen LogP contribution >= 0.6 is 0 Å². The maximum absolute atomic E-state index is 12.8. The Morgan fingerprint density at radius 2 is 1.55 bits per heavy atom. The smallest absolute Gasteiger partial charge is 0.306 e. The molecule has 33 heavy (non-hydrogen) atoms. The van der Waals surface area contributed by atoms with Crippen molar-refractivity contribution >= 4 is 17.7 Å². The van der Waals surface area contributed by atoms with Crippen molar-refractivity contribution in [2.75, 3.05) is 13.1 Å². The highest BCUT2D eigenvalue weighted by Crippen LogP contribution is 2.40. The van der Waals surface area contributed by atoms with Crippen LogP contribution in [0.25, 0.3) is 0 Å². The Bertz CT molecular complexity index is 626. The lowest BCUT2D eigenvalue weighted by Crippen LogP contribution is -2.65. The van der Waals surface area contributed by atoms with Gasteiger partial charge >= 0.3 is 5.97 Å². The minimum absolute atomic E-state index is 0.000356. The molecule has 0 bridgehead atoms. The van der Waals surface area contributed by atoms with Gasteiger partial charge in [0.05, 0.1) is 6.42 Å². The van der Waals surface area contributed by atoms with E-state index in [1.54, 1.807) is 0 Å². The van der Waals surface area contributed by atoms with Gasteiger partial charge in [-0.1, -0.05) is 39.5 Å². The van der Waals surface area contributed by atoms with Crippen LogP contribution in [0.2, 0.25) is 0 Å². The molecule has 1 rings (SSSR count). The lowest BCUT2D eigenvalue weighted by atomic mass is 9.77. The number of likely N-dealkylation sites (tertiary alicyclic amines) is 1. The van der Waals surface area contributed by atoms with Gasteiger partial charge in [0, 0.05) is 49.5 Å². The van der Waals surface area contributed by atoms with Crippen molar-refractivity contribution in [3.05, 3.63) is 0 Å². The fourth-order valence-corrected chi connectivity index (χ4v) is 5.34. The van der Waals surface area contributed by atoms with Gasteiger partial charge in [0.25, 0.3) is 0 Å². The molecular formula is C27H50N2O4. The molecule has 0 radical (unpaired) electrons. The van der Waals surface area contributed by atoms with Crippen LogP contribution in [0, 0.1) is 0 Å². The molecule has 0 aliphatic carbocycles. The summed E-state index contributed by atoms with van der Waals surface area (Å²) in [6.45, 7) is 18.1. The van der Waals surface area contributed by atoms with E-state index >= 15 is 0 Å². The van der Waals surface area contributed by atoms with E-state index in [0.717, 1.165) is 57.9 Å². The predicted molar refractivity (Wildman–Crippen MR) is 134 cm³/mol. The second-order valence-electron chi connectivity index (χ2n) is 11.2. The number of rotatable bonds is 14. The first-order valence-corrected chi connectivity index (χ1v) is 13.1. The molecule has 1 heterocycles. The highest BCUT2D eigenvalue weighted by Gasteiger charge is 2.47. The first-order chi connectivity index (χ1) is 15.3. The number of amides is 1. The normalized spacial score (nSPS) is 19.2. The lowest BCUT2D eigenvalue weighted by molar-refractivity contribution is -0.162. The van der Waals surface area contributed by atoms with E-state index in [9.17, 15) is 14.4 Å². The van der Waals surface area contributed by atoms with Crippen molar-refractivity contribution in [1.82, 2.24) is 9.80 Å². The maximum atomic E-state index is 12.8. The minimum atomic E-state index is -0.177. The summed E-state index contributed by atoms with van der Waals surface area (Å²) < 4.78 is 5.91. The van der Waals surface area contributed by atoms with Crippen molar-refractivity contribution < 1.29 is 19.1 Å². The zero-order valence-electron chi connectivity index (χ0n) is 22.7. The molecule has 0 N–H and O–H groups in total. The van der Waals surface area contributed by atoms with E-state index in [-0.39, 0.29) is 47.3 Å². The Labute approximate surface area is 202 Å². The van der Waals surface area contributed by atoms with E-state index in [2.05, 4.69) is 53.4 Å². The zero-order chi connectivity index (χ0) is 25.2. The molecule has 192 valence electrons. The van der Waals surface area contributed by atoms with Gasteiger partial charge in [-0.15, -0.1) is 0 Å². The Hall–Kier alpha value is -1.43. The summed E-state index contributed by atoms with van der Waals surface area (Å²) in [7, 11) is 0. The fraction of sp³-hybridized carbons (Fsp3) is 0.889. The molecule has 1 aliphatic rings. The summed E-state index contributed by atoms with van der Waals surface area (Å²) in [5.74, 6) is -0.247. The average Bonchev–Trinajstić information content (AvgIpc) is 2.67. The van der Waals surface area contributed by atoms with E-state index in [0.29, 0.717) is 13.0 Å². The van der Waals surface area contributed by atoms with Crippen LogP contribution in [-0.2, 0) is 19.1 Å². The van der Waals surface area contributed by atoms with Crippen molar-refractivity contribution in [2.24, 2.45) is 0 Å². The number of unbranched alkanes of at least 4 members (excludes halogenated alkanes) is 4. The van der Waals surface area contributed by atoms with Crippen molar-refractivity contribution in [3.63, 3.8) is 0 Å². The molecule has 1 saturated heterocycles. The number of carbonyl (C=O) groups excluding carboxylic acids is 3. The molecule has 0 aromatic rings. The quantitative estimate of drug-likeness (QED) is 0.192. The molecule has 1 aliphatic heterocycles. The second-order valence-corrected chi connectivity index (χ2v) is 11.2. The number of carbonyl (C=O) groups is 3. The average molecular weight is 467 g/mol. The van der Waals surface area contributed by atoms with Crippen LogP contribution in [0.5, 0.6) is 0 Å². The number of ketones is 1. The number of esters is 1. The Balaban J connectivity index is 2.85. The maximum Gasteiger partial charge on any atom is 0.306 e. The highest BCUT2D eigenvalue weighted by atomic mass is 16.5. The van der Waals surface area contributed by atoms with E-state index in [4.69, 9.17) is 4.74 Å². The predicted octanol–water partition coefficient (Wildman–Crippen LogP) is 5.52. The Morgan fingerprint density at radius 3 is 2.06 bits per heavy atom. The monoisotopic (exact) mass is 466 g/mol. The summed E-state index contributed by atoms with van der Waals surface area (Å²) >= 11 is 0. The molecule has 6 heteroatoms. The van der Waals surface area contributed by atoms with E-state index < -0.39 is 0 Å². The van der Waals surface area contributed by atoms with Crippen LogP contribution in [0.15, 0.2) is 0 Å². The topological polar surface area (TPSA) is 66.9 Å². The second kappa shape index (κ2) is 13.5. The Morgan fingerprint density at radius 1 is 0.970 bits per heavy atom. The third kappa shape index (κ3) is 9.76. The number of ether oxygens (including phenoxy) is 1. The van der Waals surface area contributed by atoms with Gasteiger partial charge in [0.1, 0.15) is 11.9 Å². The number of hydrogen-bond acceptors (Lipinski definition) is 5. The van der Waals surface area contributed by atoms with Gasteiger partial charge in [-0.05, 0) is 54.4 Å². The van der Waals surface area contributed by atoms with Gasteiger partial charge in [0.2, 0.25) is 5.91 Å². The molecule has 1 atom stereocenters. The fourth-order valence-electron chi connectivity index (χ4n) is 5.34. The van der Waals surface area contributed by atoms with Crippen LogP contribution in [0.4, 0.5) is 0 Å². The van der Waals surface area contributed by atoms with Crippen LogP contribution < -0.4 is 0 Å². The zero-order valence-corrected chi connectivity index (χ0v) is 22.7. The summed E-state index contributed by atoms with van der Waals surface area (Å²) in [6, 6.07) is -0.000356. The highest BCUT2D eigenvalue weighted by molar-refractivity contribution is 5.96. The molecule has 0 saturated carbocycles. The summed E-state index contributed by atoms with van der Waals surface area (Å²) in [6.07, 6.45) is 8.17. The van der Waals surface area contributed by atoms with Crippen molar-refractivity contribution in [2.45, 2.75) is 143 Å². The lowest BCUT2D eigenvalue weighted by Gasteiger charge is -2.56. The first-order valence-electron chi connectivity index (χ1n) is 13.1. The molecule has 1 fully saturated rings. The van der Waals surface area contributed by atoms with Gasteiger partial charge in [-0.25, -0.2) is 0 Å². The number of piperidine rings is 1. The SMILES string of the molecule is CCCCCCC(=O)OC1CC(C)(C)N(CC(C)N(CCCC)C(=O)CC(C)=O)C(C)(C)C1. The van der Waals surface area contributed by atoms with Gasteiger partial charge in [0.15, 0.2) is 0 Å². The summed E-state index contributed by atoms with van der Waals surface area (Å²) in [4.78, 5) is 41.1. The van der Waals surface area contributed by atoms with E-state index in [1.807, 2.05) is 4.90 Å². The standard InChI is InChI=1S/C27H50N2O4/c1-9-11-13-14-15-25(32)33-23-18-26(5,6)29(27(7,8)19-23)20-21(3)28(16-12-10-2)24(31)17-22(4)30/h21,23H,9-20H2,1-8H3. The van der Waals surface area contributed by atoms with Crippen molar-refractivity contribution in [1.29, 1.82) is 0 Å². The minimum Gasteiger partial charge on any atom is -0.462 e. The summed E-state index contributed by atoms with van der Waals surface area (Å²) in [5.41, 5.74) is -0.355. The third-order valence-corrected chi connectivity index (χ3v) is 6.90. The van der Waals surface area contributed by atoms with Gasteiger partial charge in [-0.2, -0.15) is 0 Å². The summed E-state index contributed by atoms with van der Waals surface area (Å²) in [5, 5.41) is 0. The van der Waals surface area contributed by atoms with Gasteiger partial charge in [-0.3, -0.25) is 19.3 Å². The third-order valence-electron chi connectivity index (χ3n) is 6.90. The Kier molecular flexibility index (Phi) is 12.1. The first kappa shape index (κ1) is 29.6. The molecule has 0 aromatic carbocycles. The van der Waals surface area contributed by atoms with Crippen molar-refractivity contribution in [3.8, 4) is 0 Å².